The Balaban J connectivity index is 2.09. The third-order valence-electron chi connectivity index (χ3n) is 3.97. The van der Waals surface area contributed by atoms with E-state index in [0.717, 1.165) is 12.2 Å². The largest absolute Gasteiger partial charge is 0.457 e. The highest BCUT2D eigenvalue weighted by atomic mass is 16.5. The minimum absolute atomic E-state index is 0.151. The van der Waals surface area contributed by atoms with Gasteiger partial charge >= 0.3 is 0 Å². The molecule has 2 rings (SSSR count). The van der Waals surface area contributed by atoms with E-state index in [0.29, 0.717) is 11.3 Å². The zero-order valence-electron chi connectivity index (χ0n) is 13.1. The van der Waals surface area contributed by atoms with Crippen LogP contribution in [0.2, 0.25) is 0 Å². The van der Waals surface area contributed by atoms with Crippen molar-refractivity contribution in [2.75, 3.05) is 0 Å². The average Bonchev–Trinajstić information content (AvgIpc) is 2.55. The molecule has 0 fully saturated rings. The minimum Gasteiger partial charge on any atom is -0.457 e. The molecule has 2 aromatic carbocycles. The molecular weight excluding hydrogens is 278 g/mol. The zero-order valence-corrected chi connectivity index (χ0v) is 13.1. The fraction of sp³-hybridized carbons (Fsp3) is 0.278. The first-order valence-corrected chi connectivity index (χ1v) is 7.29. The lowest BCUT2D eigenvalue weighted by Crippen LogP contribution is -2.18. The minimum atomic E-state index is -0.544. The van der Waals surface area contributed by atoms with Crippen LogP contribution in [0.25, 0.3) is 0 Å². The summed E-state index contributed by atoms with van der Waals surface area (Å²) in [7, 11) is 0. The van der Waals surface area contributed by atoms with Crippen LogP contribution in [0.5, 0.6) is 11.5 Å². The van der Waals surface area contributed by atoms with Gasteiger partial charge < -0.3 is 4.74 Å². The van der Waals surface area contributed by atoms with E-state index in [2.05, 4.69) is 32.9 Å². The molecule has 2 aromatic rings. The number of amides is 1. The van der Waals surface area contributed by atoms with E-state index in [1.54, 1.807) is 29.7 Å². The molecule has 4 heteroatoms. The summed E-state index contributed by atoms with van der Waals surface area (Å²) in [6.45, 7) is 6.61. The molecule has 0 aromatic heterocycles. The van der Waals surface area contributed by atoms with Crippen LogP contribution in [0.15, 0.2) is 48.5 Å². The lowest BCUT2D eigenvalue weighted by atomic mass is 9.82. The first-order chi connectivity index (χ1) is 10.5. The van der Waals surface area contributed by atoms with Crippen molar-refractivity contribution in [1.29, 1.82) is 0 Å². The summed E-state index contributed by atoms with van der Waals surface area (Å²) in [4.78, 5) is 11.2. The van der Waals surface area contributed by atoms with Gasteiger partial charge in [0.05, 0.1) is 0 Å². The molecule has 0 heterocycles. The second-order valence-electron chi connectivity index (χ2n) is 5.83. The SMILES string of the molecule is CCC(C)(C)c1ccc(Oc2ccc(C(=O)NO)cc2)cc1. The van der Waals surface area contributed by atoms with Crippen LogP contribution in [0.4, 0.5) is 0 Å². The Kier molecular flexibility index (Phi) is 4.83. The van der Waals surface area contributed by atoms with Crippen LogP contribution in [-0.4, -0.2) is 11.1 Å². The van der Waals surface area contributed by atoms with Crippen molar-refractivity contribution in [3.8, 4) is 11.5 Å². The van der Waals surface area contributed by atoms with Crippen LogP contribution in [0.3, 0.4) is 0 Å². The van der Waals surface area contributed by atoms with Crippen molar-refractivity contribution in [2.45, 2.75) is 32.6 Å². The van der Waals surface area contributed by atoms with Gasteiger partial charge in [-0.15, -0.1) is 0 Å². The van der Waals surface area contributed by atoms with E-state index >= 15 is 0 Å². The smallest absolute Gasteiger partial charge is 0.274 e. The van der Waals surface area contributed by atoms with Gasteiger partial charge in [0, 0.05) is 5.56 Å². The van der Waals surface area contributed by atoms with E-state index in [1.165, 1.54) is 5.56 Å². The van der Waals surface area contributed by atoms with Gasteiger partial charge in [-0.05, 0) is 53.8 Å². The Morgan fingerprint density at radius 2 is 1.55 bits per heavy atom. The average molecular weight is 299 g/mol. The predicted octanol–water partition coefficient (Wildman–Crippen LogP) is 4.29. The first kappa shape index (κ1) is 16.0. The highest BCUT2D eigenvalue weighted by Gasteiger charge is 2.17. The van der Waals surface area contributed by atoms with Gasteiger partial charge in [0.15, 0.2) is 0 Å². The second kappa shape index (κ2) is 6.62. The third kappa shape index (κ3) is 3.65. The molecule has 0 saturated carbocycles. The maximum absolute atomic E-state index is 11.2. The molecular formula is C18H21NO3. The van der Waals surface area contributed by atoms with Gasteiger partial charge in [-0.2, -0.15) is 0 Å². The van der Waals surface area contributed by atoms with E-state index in [9.17, 15) is 4.79 Å². The molecule has 0 unspecified atom stereocenters. The molecule has 0 bridgehead atoms. The van der Waals surface area contributed by atoms with E-state index < -0.39 is 5.91 Å². The first-order valence-electron chi connectivity index (χ1n) is 7.29. The second-order valence-corrected chi connectivity index (χ2v) is 5.83. The number of hydroxylamine groups is 1. The molecule has 0 aliphatic rings. The number of ether oxygens (including phenoxy) is 1. The van der Waals surface area contributed by atoms with Crippen molar-refractivity contribution < 1.29 is 14.7 Å². The fourth-order valence-corrected chi connectivity index (χ4v) is 2.05. The molecule has 2 N–H and O–H groups in total. The molecule has 0 aliphatic carbocycles. The Morgan fingerprint density at radius 3 is 2.00 bits per heavy atom. The zero-order chi connectivity index (χ0) is 16.2. The van der Waals surface area contributed by atoms with E-state index in [4.69, 9.17) is 9.94 Å². The van der Waals surface area contributed by atoms with Crippen LogP contribution in [-0.2, 0) is 5.41 Å². The third-order valence-corrected chi connectivity index (χ3v) is 3.97. The molecule has 0 atom stereocenters. The number of rotatable bonds is 5. The van der Waals surface area contributed by atoms with Crippen LogP contribution >= 0.6 is 0 Å². The van der Waals surface area contributed by atoms with Gasteiger partial charge in [0.25, 0.3) is 5.91 Å². The monoisotopic (exact) mass is 299 g/mol. The number of hydrogen-bond donors (Lipinski definition) is 2. The molecule has 1 amide bonds. The standard InChI is InChI=1S/C18H21NO3/c1-4-18(2,3)14-7-11-16(12-8-14)22-15-9-5-13(6-10-15)17(20)19-21/h5-12,21H,4H2,1-3H3,(H,19,20). The molecule has 0 saturated heterocycles. The summed E-state index contributed by atoms with van der Waals surface area (Å²) in [5, 5.41) is 8.57. The summed E-state index contributed by atoms with van der Waals surface area (Å²) in [6, 6.07) is 14.6. The molecule has 4 nitrogen and oxygen atoms in total. The van der Waals surface area contributed by atoms with Crippen molar-refractivity contribution in [3.05, 3.63) is 59.7 Å². The van der Waals surface area contributed by atoms with E-state index in [-0.39, 0.29) is 5.41 Å². The number of nitrogens with one attached hydrogen (secondary N) is 1. The van der Waals surface area contributed by atoms with Crippen molar-refractivity contribution in [3.63, 3.8) is 0 Å². The predicted molar refractivity (Wildman–Crippen MR) is 85.5 cm³/mol. The Morgan fingerprint density at radius 1 is 1.05 bits per heavy atom. The number of benzene rings is 2. The number of hydrogen-bond acceptors (Lipinski definition) is 3. The number of carbonyl (C=O) groups is 1. The maximum Gasteiger partial charge on any atom is 0.274 e. The fourth-order valence-electron chi connectivity index (χ4n) is 2.05. The molecule has 0 radical (unpaired) electrons. The van der Waals surface area contributed by atoms with Crippen LogP contribution < -0.4 is 10.2 Å². The highest BCUT2D eigenvalue weighted by Crippen LogP contribution is 2.29. The van der Waals surface area contributed by atoms with Crippen LogP contribution in [0, 0.1) is 0 Å². The van der Waals surface area contributed by atoms with Gasteiger partial charge in [-0.1, -0.05) is 32.9 Å². The summed E-state index contributed by atoms with van der Waals surface area (Å²) in [5.74, 6) is 0.838. The summed E-state index contributed by atoms with van der Waals surface area (Å²) in [5.41, 5.74) is 3.39. The Labute approximate surface area is 130 Å². The van der Waals surface area contributed by atoms with Gasteiger partial charge in [-0.3, -0.25) is 10.0 Å². The normalized spacial score (nSPS) is 11.1. The lowest BCUT2D eigenvalue weighted by molar-refractivity contribution is 0.0706. The lowest BCUT2D eigenvalue weighted by Gasteiger charge is -2.23. The van der Waals surface area contributed by atoms with Gasteiger partial charge in [0.2, 0.25) is 0 Å². The summed E-state index contributed by atoms with van der Waals surface area (Å²) in [6.07, 6.45) is 1.07. The molecule has 116 valence electrons. The highest BCUT2D eigenvalue weighted by molar-refractivity contribution is 5.93. The van der Waals surface area contributed by atoms with Crippen molar-refractivity contribution in [1.82, 2.24) is 5.48 Å². The topological polar surface area (TPSA) is 58.6 Å². The quantitative estimate of drug-likeness (QED) is 0.639. The Hall–Kier alpha value is -2.33. The van der Waals surface area contributed by atoms with Crippen LogP contribution in [0.1, 0.15) is 43.1 Å². The van der Waals surface area contributed by atoms with E-state index in [1.807, 2.05) is 12.1 Å². The summed E-state index contributed by atoms with van der Waals surface area (Å²) < 4.78 is 5.75. The Bertz CT molecular complexity index is 630. The van der Waals surface area contributed by atoms with Crippen molar-refractivity contribution >= 4 is 5.91 Å². The molecule has 0 aliphatic heterocycles. The van der Waals surface area contributed by atoms with Crippen molar-refractivity contribution in [2.24, 2.45) is 0 Å². The van der Waals surface area contributed by atoms with Gasteiger partial charge in [0.1, 0.15) is 11.5 Å². The maximum atomic E-state index is 11.2. The number of carbonyl (C=O) groups excluding carboxylic acids is 1. The molecule has 22 heavy (non-hydrogen) atoms. The molecule has 0 spiro atoms. The summed E-state index contributed by atoms with van der Waals surface area (Å²) >= 11 is 0. The van der Waals surface area contributed by atoms with Gasteiger partial charge in [-0.25, -0.2) is 5.48 Å².